The zero-order valence-electron chi connectivity index (χ0n) is 19.9. The van der Waals surface area contributed by atoms with Gasteiger partial charge in [-0.05, 0) is 85.8 Å². The van der Waals surface area contributed by atoms with Crippen molar-refractivity contribution in [3.63, 3.8) is 0 Å². The lowest BCUT2D eigenvalue weighted by Gasteiger charge is -2.10. The van der Waals surface area contributed by atoms with E-state index in [1.807, 2.05) is 67.6 Å². The highest BCUT2D eigenvalue weighted by molar-refractivity contribution is 5.99. The standard InChI is InChI=1S/C29H22N6O2/c1-17-14-22(10-12-30-17)32-21-7-9-26-27(16-21)35-28(34-26)18-2-5-20(6-3-18)33-25-11-13-31-24-8-4-19(29(36)37)15-23(24)25/h2-16H,1H3,(H,30,32)(H,31,33)(H,34,35)(H,36,37). The highest BCUT2D eigenvalue weighted by Gasteiger charge is 2.10. The Labute approximate surface area is 212 Å². The fraction of sp³-hybridized carbons (Fsp3) is 0.0345. The maximum atomic E-state index is 11.4. The van der Waals surface area contributed by atoms with Crippen LogP contribution >= 0.6 is 0 Å². The summed E-state index contributed by atoms with van der Waals surface area (Å²) in [5.74, 6) is -0.193. The molecule has 0 amide bonds. The monoisotopic (exact) mass is 486 g/mol. The third-order valence-corrected chi connectivity index (χ3v) is 6.09. The van der Waals surface area contributed by atoms with Gasteiger partial charge in [0.15, 0.2) is 0 Å². The molecule has 0 saturated heterocycles. The van der Waals surface area contributed by atoms with Crippen LogP contribution in [0.2, 0.25) is 0 Å². The quantitative estimate of drug-likeness (QED) is 0.208. The van der Waals surface area contributed by atoms with Gasteiger partial charge in [-0.2, -0.15) is 0 Å². The minimum Gasteiger partial charge on any atom is -0.478 e. The van der Waals surface area contributed by atoms with Crippen LogP contribution in [0.15, 0.2) is 91.3 Å². The Bertz CT molecular complexity index is 1780. The number of hydrogen-bond acceptors (Lipinski definition) is 6. The molecule has 8 nitrogen and oxygen atoms in total. The van der Waals surface area contributed by atoms with E-state index >= 15 is 0 Å². The summed E-state index contributed by atoms with van der Waals surface area (Å²) < 4.78 is 0. The number of aromatic amines is 1. The molecular weight excluding hydrogens is 464 g/mol. The van der Waals surface area contributed by atoms with Gasteiger partial charge in [0.25, 0.3) is 0 Å². The Morgan fingerprint density at radius 1 is 0.784 bits per heavy atom. The van der Waals surface area contributed by atoms with Crippen molar-refractivity contribution in [2.75, 3.05) is 10.6 Å². The molecule has 4 N–H and O–H groups in total. The molecule has 0 bridgehead atoms. The number of carboxylic acid groups (broad SMARTS) is 1. The number of aryl methyl sites for hydroxylation is 1. The van der Waals surface area contributed by atoms with Gasteiger partial charge in [-0.15, -0.1) is 0 Å². The number of carboxylic acids is 1. The van der Waals surface area contributed by atoms with Crippen LogP contribution in [-0.4, -0.2) is 31.0 Å². The Kier molecular flexibility index (Phi) is 5.46. The van der Waals surface area contributed by atoms with E-state index in [0.29, 0.717) is 0 Å². The molecule has 3 aromatic carbocycles. The normalized spacial score (nSPS) is 11.1. The van der Waals surface area contributed by atoms with Crippen LogP contribution in [0.4, 0.5) is 22.7 Å². The minimum atomic E-state index is -0.970. The summed E-state index contributed by atoms with van der Waals surface area (Å²) in [5, 5.41) is 16.9. The highest BCUT2D eigenvalue weighted by Crippen LogP contribution is 2.29. The molecule has 0 saturated carbocycles. The van der Waals surface area contributed by atoms with E-state index in [1.54, 1.807) is 30.6 Å². The van der Waals surface area contributed by atoms with Crippen molar-refractivity contribution in [1.29, 1.82) is 0 Å². The SMILES string of the molecule is Cc1cc(Nc2ccc3nc(-c4ccc(Nc5ccnc6ccc(C(=O)O)cc56)cc4)[nH]c3c2)ccn1. The molecule has 0 radical (unpaired) electrons. The van der Waals surface area contributed by atoms with E-state index in [2.05, 4.69) is 25.6 Å². The lowest BCUT2D eigenvalue weighted by molar-refractivity contribution is 0.0697. The molecule has 6 rings (SSSR count). The first-order valence-corrected chi connectivity index (χ1v) is 11.7. The van der Waals surface area contributed by atoms with Gasteiger partial charge in [0.05, 0.1) is 22.1 Å². The summed E-state index contributed by atoms with van der Waals surface area (Å²) >= 11 is 0. The van der Waals surface area contributed by atoms with Gasteiger partial charge < -0.3 is 20.7 Å². The smallest absolute Gasteiger partial charge is 0.335 e. The number of benzene rings is 3. The predicted octanol–water partition coefficient (Wildman–Crippen LogP) is 6.67. The van der Waals surface area contributed by atoms with Gasteiger partial charge in [-0.1, -0.05) is 0 Å². The molecule has 37 heavy (non-hydrogen) atoms. The van der Waals surface area contributed by atoms with Crippen LogP contribution in [0.1, 0.15) is 16.1 Å². The molecule has 3 heterocycles. The average molecular weight is 487 g/mol. The summed E-state index contributed by atoms with van der Waals surface area (Å²) in [4.78, 5) is 28.1. The summed E-state index contributed by atoms with van der Waals surface area (Å²) in [6.07, 6.45) is 3.49. The first-order chi connectivity index (χ1) is 18.0. The van der Waals surface area contributed by atoms with Crippen molar-refractivity contribution in [3.05, 3.63) is 103 Å². The molecule has 0 unspecified atom stereocenters. The van der Waals surface area contributed by atoms with E-state index < -0.39 is 5.97 Å². The number of H-pyrrole nitrogens is 1. The van der Waals surface area contributed by atoms with E-state index in [1.165, 1.54) is 0 Å². The molecule has 0 aliphatic heterocycles. The average Bonchev–Trinajstić information content (AvgIpc) is 3.32. The number of aromatic nitrogens is 4. The van der Waals surface area contributed by atoms with Crippen molar-refractivity contribution >= 4 is 50.7 Å². The van der Waals surface area contributed by atoms with E-state index in [0.717, 1.165) is 61.8 Å². The largest absolute Gasteiger partial charge is 0.478 e. The number of imidazole rings is 1. The predicted molar refractivity (Wildman–Crippen MR) is 146 cm³/mol. The zero-order chi connectivity index (χ0) is 25.4. The molecular formula is C29H22N6O2. The molecule has 0 aliphatic carbocycles. The number of fused-ring (bicyclic) bond motifs is 2. The number of aromatic carboxylic acids is 1. The second-order valence-electron chi connectivity index (χ2n) is 8.73. The van der Waals surface area contributed by atoms with E-state index in [4.69, 9.17) is 4.98 Å². The maximum absolute atomic E-state index is 11.4. The topological polar surface area (TPSA) is 116 Å². The first-order valence-electron chi connectivity index (χ1n) is 11.7. The van der Waals surface area contributed by atoms with Crippen LogP contribution in [0.25, 0.3) is 33.3 Å². The number of hydrogen-bond donors (Lipinski definition) is 4. The summed E-state index contributed by atoms with van der Waals surface area (Å²) in [7, 11) is 0. The third kappa shape index (κ3) is 4.55. The van der Waals surface area contributed by atoms with Gasteiger partial charge in [0.1, 0.15) is 5.82 Å². The molecule has 180 valence electrons. The number of anilines is 4. The number of pyridine rings is 2. The molecule has 0 fully saturated rings. The lowest BCUT2D eigenvalue weighted by Crippen LogP contribution is -1.98. The van der Waals surface area contributed by atoms with Gasteiger partial charge in [-0.3, -0.25) is 9.97 Å². The minimum absolute atomic E-state index is 0.220. The van der Waals surface area contributed by atoms with Gasteiger partial charge in [0.2, 0.25) is 0 Å². The highest BCUT2D eigenvalue weighted by atomic mass is 16.4. The first kappa shape index (κ1) is 22.2. The van der Waals surface area contributed by atoms with Crippen molar-refractivity contribution < 1.29 is 9.90 Å². The van der Waals surface area contributed by atoms with Crippen LogP contribution in [0, 0.1) is 6.92 Å². The zero-order valence-corrected chi connectivity index (χ0v) is 19.9. The maximum Gasteiger partial charge on any atom is 0.335 e. The summed E-state index contributed by atoms with van der Waals surface area (Å²) in [6, 6.07) is 24.6. The second kappa shape index (κ2) is 9.09. The number of nitrogens with zero attached hydrogens (tertiary/aromatic N) is 3. The third-order valence-electron chi connectivity index (χ3n) is 6.09. The van der Waals surface area contributed by atoms with Crippen LogP contribution in [0.3, 0.4) is 0 Å². The molecule has 0 aliphatic rings. The molecule has 6 aromatic rings. The van der Waals surface area contributed by atoms with Gasteiger partial charge >= 0.3 is 5.97 Å². The Morgan fingerprint density at radius 3 is 2.35 bits per heavy atom. The van der Waals surface area contributed by atoms with E-state index in [-0.39, 0.29) is 5.56 Å². The molecule has 0 spiro atoms. The Morgan fingerprint density at radius 2 is 1.54 bits per heavy atom. The number of carbonyl (C=O) groups is 1. The molecule has 8 heteroatoms. The van der Waals surface area contributed by atoms with E-state index in [9.17, 15) is 9.90 Å². The summed E-state index contributed by atoms with van der Waals surface area (Å²) in [5.41, 5.74) is 8.26. The fourth-order valence-electron chi connectivity index (χ4n) is 4.27. The summed E-state index contributed by atoms with van der Waals surface area (Å²) in [6.45, 7) is 1.96. The lowest BCUT2D eigenvalue weighted by atomic mass is 10.1. The van der Waals surface area contributed by atoms with Crippen LogP contribution in [0.5, 0.6) is 0 Å². The Hall–Kier alpha value is -5.24. The number of nitrogens with one attached hydrogen (secondary N) is 3. The fourth-order valence-corrected chi connectivity index (χ4v) is 4.27. The van der Waals surface area contributed by atoms with Gasteiger partial charge in [-0.25, -0.2) is 9.78 Å². The Balaban J connectivity index is 1.24. The van der Waals surface area contributed by atoms with Crippen molar-refractivity contribution in [3.8, 4) is 11.4 Å². The van der Waals surface area contributed by atoms with Crippen molar-refractivity contribution in [1.82, 2.24) is 19.9 Å². The molecule has 3 aromatic heterocycles. The second-order valence-corrected chi connectivity index (χ2v) is 8.73. The van der Waals surface area contributed by atoms with Crippen molar-refractivity contribution in [2.24, 2.45) is 0 Å². The molecule has 0 atom stereocenters. The van der Waals surface area contributed by atoms with Crippen LogP contribution < -0.4 is 10.6 Å². The van der Waals surface area contributed by atoms with Gasteiger partial charge in [0, 0.05) is 51.8 Å². The van der Waals surface area contributed by atoms with Crippen molar-refractivity contribution in [2.45, 2.75) is 6.92 Å². The number of rotatable bonds is 6. The van der Waals surface area contributed by atoms with Crippen LogP contribution in [-0.2, 0) is 0 Å².